The van der Waals surface area contributed by atoms with Crippen LogP contribution in [0.3, 0.4) is 0 Å². The predicted molar refractivity (Wildman–Crippen MR) is 80.9 cm³/mol. The van der Waals surface area contributed by atoms with Crippen LogP contribution < -0.4 is 10.6 Å². The van der Waals surface area contributed by atoms with Gasteiger partial charge in [0.25, 0.3) is 0 Å². The van der Waals surface area contributed by atoms with Crippen LogP contribution >= 0.6 is 24.8 Å². The number of likely N-dealkylation sites (N-methyl/N-ethyl adjacent to an activating group) is 1. The maximum Gasteiger partial charge on any atom is 0.237 e. The van der Waals surface area contributed by atoms with Gasteiger partial charge in [-0.25, -0.2) is 0 Å². The van der Waals surface area contributed by atoms with Crippen LogP contribution in [0.15, 0.2) is 0 Å². The van der Waals surface area contributed by atoms with Gasteiger partial charge in [-0.2, -0.15) is 0 Å². The van der Waals surface area contributed by atoms with Gasteiger partial charge in [-0.15, -0.1) is 24.8 Å². The summed E-state index contributed by atoms with van der Waals surface area (Å²) in [5, 5.41) is 6.27. The van der Waals surface area contributed by atoms with Gasteiger partial charge in [0.05, 0.1) is 6.04 Å². The Labute approximate surface area is 123 Å². The van der Waals surface area contributed by atoms with E-state index in [0.717, 1.165) is 39.1 Å². The molecule has 1 saturated heterocycles. The molecule has 0 spiro atoms. The smallest absolute Gasteiger partial charge is 0.237 e. The second kappa shape index (κ2) is 12.0. The highest BCUT2D eigenvalue weighted by Gasteiger charge is 2.19. The number of rotatable bonds is 6. The molecule has 18 heavy (non-hydrogen) atoms. The van der Waals surface area contributed by atoms with Crippen molar-refractivity contribution >= 4 is 30.7 Å². The molecule has 0 radical (unpaired) electrons. The van der Waals surface area contributed by atoms with Crippen LogP contribution in [-0.2, 0) is 4.79 Å². The van der Waals surface area contributed by atoms with Crippen molar-refractivity contribution in [3.8, 4) is 0 Å². The zero-order chi connectivity index (χ0) is 11.8. The fourth-order valence-corrected chi connectivity index (χ4v) is 2.08. The first kappa shape index (κ1) is 20.3. The van der Waals surface area contributed by atoms with Gasteiger partial charge in [-0.05, 0) is 32.5 Å². The molecule has 0 unspecified atom stereocenters. The Morgan fingerprint density at radius 1 is 1.28 bits per heavy atom. The lowest BCUT2D eigenvalue weighted by molar-refractivity contribution is -0.123. The molecule has 1 heterocycles. The average Bonchev–Trinajstić information content (AvgIpc) is 2.35. The lowest BCUT2D eigenvalue weighted by Crippen LogP contribution is -2.48. The fourth-order valence-electron chi connectivity index (χ4n) is 2.08. The Morgan fingerprint density at radius 2 is 1.94 bits per heavy atom. The maximum absolute atomic E-state index is 11.8. The molecule has 1 fully saturated rings. The Kier molecular flexibility index (Phi) is 13.6. The molecule has 1 atom stereocenters. The van der Waals surface area contributed by atoms with E-state index in [-0.39, 0.29) is 36.8 Å². The van der Waals surface area contributed by atoms with Gasteiger partial charge in [0, 0.05) is 13.1 Å². The molecular formula is C12H27Cl2N3O. The number of hydrogen-bond acceptors (Lipinski definition) is 3. The van der Waals surface area contributed by atoms with Crippen LogP contribution in [0.25, 0.3) is 0 Å². The van der Waals surface area contributed by atoms with Crippen molar-refractivity contribution in [2.24, 2.45) is 0 Å². The quantitative estimate of drug-likeness (QED) is 0.780. The standard InChI is InChI=1S/C12H25N3O.2ClH/c1-3-15(4-2)10-9-14-12(16)11-7-5-6-8-13-11;;/h11,13H,3-10H2,1-2H3,(H,14,16);2*1H/t11-;;/m1../s1. The van der Waals surface area contributed by atoms with Gasteiger partial charge in [0.2, 0.25) is 5.91 Å². The van der Waals surface area contributed by atoms with E-state index >= 15 is 0 Å². The molecule has 4 nitrogen and oxygen atoms in total. The van der Waals surface area contributed by atoms with Crippen molar-refractivity contribution in [1.82, 2.24) is 15.5 Å². The zero-order valence-corrected chi connectivity index (χ0v) is 13.0. The summed E-state index contributed by atoms with van der Waals surface area (Å²) in [6.07, 6.45) is 3.35. The summed E-state index contributed by atoms with van der Waals surface area (Å²) in [5.41, 5.74) is 0. The third-order valence-corrected chi connectivity index (χ3v) is 3.25. The molecule has 0 aromatic carbocycles. The number of amides is 1. The molecule has 0 saturated carbocycles. The summed E-state index contributed by atoms with van der Waals surface area (Å²) in [4.78, 5) is 14.1. The number of carbonyl (C=O) groups excluding carboxylic acids is 1. The molecule has 0 bridgehead atoms. The largest absolute Gasteiger partial charge is 0.353 e. The minimum absolute atomic E-state index is 0. The highest BCUT2D eigenvalue weighted by Crippen LogP contribution is 2.06. The van der Waals surface area contributed by atoms with Crippen molar-refractivity contribution in [3.63, 3.8) is 0 Å². The van der Waals surface area contributed by atoms with Crippen LogP contribution in [0.4, 0.5) is 0 Å². The molecule has 1 aliphatic heterocycles. The van der Waals surface area contributed by atoms with Crippen LogP contribution in [0.2, 0.25) is 0 Å². The molecule has 1 rings (SSSR count). The Morgan fingerprint density at radius 3 is 2.44 bits per heavy atom. The molecule has 0 aromatic rings. The number of nitrogens with one attached hydrogen (secondary N) is 2. The van der Waals surface area contributed by atoms with Gasteiger partial charge in [0.15, 0.2) is 0 Å². The molecule has 1 amide bonds. The van der Waals surface area contributed by atoms with Gasteiger partial charge in [-0.1, -0.05) is 20.3 Å². The van der Waals surface area contributed by atoms with Crippen molar-refractivity contribution in [3.05, 3.63) is 0 Å². The topological polar surface area (TPSA) is 44.4 Å². The molecule has 2 N–H and O–H groups in total. The van der Waals surface area contributed by atoms with Crippen molar-refractivity contribution in [2.75, 3.05) is 32.7 Å². The molecule has 6 heteroatoms. The monoisotopic (exact) mass is 299 g/mol. The van der Waals surface area contributed by atoms with E-state index in [1.165, 1.54) is 12.8 Å². The van der Waals surface area contributed by atoms with Crippen molar-refractivity contribution in [2.45, 2.75) is 39.2 Å². The zero-order valence-electron chi connectivity index (χ0n) is 11.4. The second-order valence-corrected chi connectivity index (χ2v) is 4.32. The van der Waals surface area contributed by atoms with Gasteiger partial charge in [-0.3, -0.25) is 4.79 Å². The Bertz CT molecular complexity index is 207. The number of halogens is 2. The van der Waals surface area contributed by atoms with E-state index in [1.54, 1.807) is 0 Å². The van der Waals surface area contributed by atoms with Crippen LogP contribution in [0, 0.1) is 0 Å². The number of piperidine rings is 1. The maximum atomic E-state index is 11.8. The normalized spacial score (nSPS) is 18.7. The molecule has 1 aliphatic rings. The average molecular weight is 300 g/mol. The van der Waals surface area contributed by atoms with E-state index in [1.807, 2.05) is 0 Å². The van der Waals surface area contributed by atoms with Crippen molar-refractivity contribution in [1.29, 1.82) is 0 Å². The van der Waals surface area contributed by atoms with Crippen molar-refractivity contribution < 1.29 is 4.79 Å². The third-order valence-electron chi connectivity index (χ3n) is 3.25. The summed E-state index contributed by atoms with van der Waals surface area (Å²) in [7, 11) is 0. The van der Waals surface area contributed by atoms with Gasteiger partial charge < -0.3 is 15.5 Å². The van der Waals surface area contributed by atoms with E-state index in [9.17, 15) is 4.79 Å². The van der Waals surface area contributed by atoms with Crippen LogP contribution in [0.5, 0.6) is 0 Å². The van der Waals surface area contributed by atoms with E-state index in [4.69, 9.17) is 0 Å². The first-order valence-corrected chi connectivity index (χ1v) is 6.51. The Hall–Kier alpha value is -0.0300. The highest BCUT2D eigenvalue weighted by molar-refractivity contribution is 5.85. The van der Waals surface area contributed by atoms with Gasteiger partial charge in [0.1, 0.15) is 0 Å². The number of hydrogen-bond donors (Lipinski definition) is 2. The second-order valence-electron chi connectivity index (χ2n) is 4.32. The van der Waals surface area contributed by atoms with Gasteiger partial charge >= 0.3 is 0 Å². The predicted octanol–water partition coefficient (Wildman–Crippen LogP) is 1.43. The minimum atomic E-state index is 0. The summed E-state index contributed by atoms with van der Waals surface area (Å²) >= 11 is 0. The summed E-state index contributed by atoms with van der Waals surface area (Å²) in [5.74, 6) is 0.173. The molecule has 110 valence electrons. The fraction of sp³-hybridized carbons (Fsp3) is 0.917. The Balaban J connectivity index is 0. The highest BCUT2D eigenvalue weighted by atomic mass is 35.5. The first-order chi connectivity index (χ1) is 7.77. The summed E-state index contributed by atoms with van der Waals surface area (Å²) < 4.78 is 0. The SMILES string of the molecule is CCN(CC)CCNC(=O)[C@H]1CCCCN1.Cl.Cl. The number of nitrogens with zero attached hydrogens (tertiary/aromatic N) is 1. The molecule has 0 aromatic heterocycles. The number of carbonyl (C=O) groups is 1. The minimum Gasteiger partial charge on any atom is -0.353 e. The molecular weight excluding hydrogens is 273 g/mol. The molecule has 0 aliphatic carbocycles. The van der Waals surface area contributed by atoms with E-state index in [0.29, 0.717) is 0 Å². The lowest BCUT2D eigenvalue weighted by Gasteiger charge is -2.23. The summed E-state index contributed by atoms with van der Waals surface area (Å²) in [6.45, 7) is 9.09. The third kappa shape index (κ3) is 7.41. The summed E-state index contributed by atoms with van der Waals surface area (Å²) in [6, 6.07) is 0.0467. The lowest BCUT2D eigenvalue weighted by atomic mass is 10.0. The first-order valence-electron chi connectivity index (χ1n) is 6.51. The van der Waals surface area contributed by atoms with E-state index < -0.39 is 0 Å². The van der Waals surface area contributed by atoms with Crippen LogP contribution in [-0.4, -0.2) is 49.6 Å². The van der Waals surface area contributed by atoms with Crippen LogP contribution in [0.1, 0.15) is 33.1 Å². The van der Waals surface area contributed by atoms with E-state index in [2.05, 4.69) is 29.4 Å².